The summed E-state index contributed by atoms with van der Waals surface area (Å²) < 4.78 is 4.96. The molecule has 1 rings (SSSR count). The van der Waals surface area contributed by atoms with Crippen LogP contribution in [0.2, 0.25) is 0 Å². The van der Waals surface area contributed by atoms with E-state index in [0.29, 0.717) is 25.2 Å². The zero-order valence-electron chi connectivity index (χ0n) is 10.6. The smallest absolute Gasteiger partial charge is 0.339 e. The number of ether oxygens (including phenoxy) is 1. The van der Waals surface area contributed by atoms with E-state index in [1.807, 2.05) is 0 Å². The Morgan fingerprint density at radius 1 is 1.42 bits per heavy atom. The lowest BCUT2D eigenvalue weighted by Crippen LogP contribution is -2.30. The molecule has 7 nitrogen and oxygen atoms in total. The molecule has 5 N–H and O–H groups in total. The van der Waals surface area contributed by atoms with Gasteiger partial charge in [-0.05, 0) is 25.1 Å². The summed E-state index contributed by atoms with van der Waals surface area (Å²) in [6.45, 7) is 0.980. The molecule has 19 heavy (non-hydrogen) atoms. The monoisotopic (exact) mass is 267 g/mol. The minimum Gasteiger partial charge on any atom is -0.496 e. The number of hydrogen-bond acceptors (Lipinski definition) is 4. The van der Waals surface area contributed by atoms with E-state index in [4.69, 9.17) is 15.6 Å². The molecule has 0 unspecified atom stereocenters. The Kier molecular flexibility index (Phi) is 5.62. The maximum atomic E-state index is 11.5. The van der Waals surface area contributed by atoms with Gasteiger partial charge in [0.25, 0.3) is 0 Å². The van der Waals surface area contributed by atoms with Crippen LogP contribution in [0, 0.1) is 0 Å². The number of hydrogen-bond donors (Lipinski definition) is 4. The van der Waals surface area contributed by atoms with Crippen molar-refractivity contribution in [2.24, 2.45) is 5.73 Å². The van der Waals surface area contributed by atoms with Crippen LogP contribution >= 0.6 is 0 Å². The molecule has 0 radical (unpaired) electrons. The molecule has 0 heterocycles. The van der Waals surface area contributed by atoms with Crippen LogP contribution < -0.4 is 21.1 Å². The molecule has 0 aromatic heterocycles. The van der Waals surface area contributed by atoms with Gasteiger partial charge in [0.15, 0.2) is 0 Å². The highest BCUT2D eigenvalue weighted by Gasteiger charge is 2.12. The summed E-state index contributed by atoms with van der Waals surface area (Å²) in [5.74, 6) is -0.900. The fourth-order valence-corrected chi connectivity index (χ4v) is 1.42. The second kappa shape index (κ2) is 7.22. The van der Waals surface area contributed by atoms with E-state index < -0.39 is 5.97 Å². The Morgan fingerprint density at radius 3 is 2.74 bits per heavy atom. The third kappa shape index (κ3) is 4.47. The van der Waals surface area contributed by atoms with Gasteiger partial charge < -0.3 is 26.2 Å². The Balaban J connectivity index is 2.69. The minimum atomic E-state index is -1.09. The van der Waals surface area contributed by atoms with Crippen molar-refractivity contribution in [3.63, 3.8) is 0 Å². The van der Waals surface area contributed by atoms with Gasteiger partial charge in [-0.2, -0.15) is 0 Å². The number of carbonyl (C=O) groups is 2. The normalized spacial score (nSPS) is 9.79. The number of carboxylic acids is 1. The van der Waals surface area contributed by atoms with Crippen LogP contribution in [0.1, 0.15) is 16.8 Å². The Hall–Kier alpha value is -2.28. The first-order chi connectivity index (χ1) is 9.08. The largest absolute Gasteiger partial charge is 0.496 e. The van der Waals surface area contributed by atoms with Crippen LogP contribution in [0.3, 0.4) is 0 Å². The summed E-state index contributed by atoms with van der Waals surface area (Å²) in [5.41, 5.74) is 5.80. The number of carbonyl (C=O) groups excluding carboxylic acids is 1. The molecule has 2 amide bonds. The number of nitrogens with one attached hydrogen (secondary N) is 2. The standard InChI is InChI=1S/C12H17N3O4/c1-19-10-7-8(3-4-9(10)11(16)17)15-12(18)14-6-2-5-13/h3-4,7H,2,5-6,13H2,1H3,(H,16,17)(H2,14,15,18). The van der Waals surface area contributed by atoms with Crippen molar-refractivity contribution in [3.05, 3.63) is 23.8 Å². The van der Waals surface area contributed by atoms with Crippen molar-refractivity contribution >= 4 is 17.7 Å². The lowest BCUT2D eigenvalue weighted by atomic mass is 10.2. The summed E-state index contributed by atoms with van der Waals surface area (Å²) in [5, 5.41) is 14.1. The van der Waals surface area contributed by atoms with Crippen molar-refractivity contribution < 1.29 is 19.4 Å². The first-order valence-electron chi connectivity index (χ1n) is 5.74. The van der Waals surface area contributed by atoms with Gasteiger partial charge in [0.05, 0.1) is 7.11 Å². The van der Waals surface area contributed by atoms with Gasteiger partial charge in [0.2, 0.25) is 0 Å². The van der Waals surface area contributed by atoms with E-state index in [1.54, 1.807) is 0 Å². The molecule has 0 aliphatic heterocycles. The summed E-state index contributed by atoms with van der Waals surface area (Å²) >= 11 is 0. The topological polar surface area (TPSA) is 114 Å². The molecule has 0 aliphatic rings. The maximum Gasteiger partial charge on any atom is 0.339 e. The molecule has 1 aromatic carbocycles. The number of nitrogens with two attached hydrogens (primary N) is 1. The second-order valence-corrected chi connectivity index (χ2v) is 3.74. The van der Waals surface area contributed by atoms with Crippen LogP contribution in [-0.4, -0.2) is 37.3 Å². The average Bonchev–Trinajstić information content (AvgIpc) is 2.38. The van der Waals surface area contributed by atoms with Crippen molar-refractivity contribution in [1.29, 1.82) is 0 Å². The van der Waals surface area contributed by atoms with Crippen molar-refractivity contribution in [3.8, 4) is 5.75 Å². The van der Waals surface area contributed by atoms with Gasteiger partial charge in [0, 0.05) is 18.3 Å². The van der Waals surface area contributed by atoms with Gasteiger partial charge in [-0.25, -0.2) is 9.59 Å². The van der Waals surface area contributed by atoms with E-state index in [2.05, 4.69) is 10.6 Å². The van der Waals surface area contributed by atoms with Crippen molar-refractivity contribution in [2.45, 2.75) is 6.42 Å². The number of amides is 2. The van der Waals surface area contributed by atoms with E-state index in [9.17, 15) is 9.59 Å². The second-order valence-electron chi connectivity index (χ2n) is 3.74. The predicted octanol–water partition coefficient (Wildman–Crippen LogP) is 0.864. The molecule has 0 aliphatic carbocycles. The van der Waals surface area contributed by atoms with Gasteiger partial charge >= 0.3 is 12.0 Å². The fourth-order valence-electron chi connectivity index (χ4n) is 1.42. The van der Waals surface area contributed by atoms with Gasteiger partial charge in [-0.1, -0.05) is 0 Å². The number of urea groups is 1. The molecule has 0 spiro atoms. The number of methoxy groups -OCH3 is 1. The zero-order chi connectivity index (χ0) is 14.3. The summed E-state index contributed by atoms with van der Waals surface area (Å²) in [6.07, 6.45) is 0.689. The number of rotatable bonds is 6. The fraction of sp³-hybridized carbons (Fsp3) is 0.333. The Labute approximate surface area is 110 Å². The van der Waals surface area contributed by atoms with Crippen LogP contribution in [-0.2, 0) is 0 Å². The quantitative estimate of drug-likeness (QED) is 0.571. The maximum absolute atomic E-state index is 11.5. The van der Waals surface area contributed by atoms with E-state index in [0.717, 1.165) is 0 Å². The number of benzene rings is 1. The minimum absolute atomic E-state index is 0.0385. The molecule has 0 saturated heterocycles. The summed E-state index contributed by atoms with van der Waals surface area (Å²) in [4.78, 5) is 22.4. The highest BCUT2D eigenvalue weighted by atomic mass is 16.5. The number of anilines is 1. The van der Waals surface area contributed by atoms with Crippen molar-refractivity contribution in [1.82, 2.24) is 5.32 Å². The third-order valence-electron chi connectivity index (χ3n) is 2.36. The van der Waals surface area contributed by atoms with Gasteiger partial charge in [0.1, 0.15) is 11.3 Å². The lowest BCUT2D eigenvalue weighted by molar-refractivity contribution is 0.0693. The average molecular weight is 267 g/mol. The molecule has 0 fully saturated rings. The first kappa shape index (κ1) is 14.8. The van der Waals surface area contributed by atoms with E-state index in [1.165, 1.54) is 25.3 Å². The molecular formula is C12H17N3O4. The van der Waals surface area contributed by atoms with E-state index >= 15 is 0 Å². The molecule has 0 atom stereocenters. The van der Waals surface area contributed by atoms with Crippen LogP contribution in [0.4, 0.5) is 10.5 Å². The van der Waals surface area contributed by atoms with Gasteiger partial charge in [-0.15, -0.1) is 0 Å². The third-order valence-corrected chi connectivity index (χ3v) is 2.36. The Morgan fingerprint density at radius 2 is 2.16 bits per heavy atom. The molecule has 7 heteroatoms. The predicted molar refractivity (Wildman–Crippen MR) is 70.6 cm³/mol. The van der Waals surface area contributed by atoms with Crippen molar-refractivity contribution in [2.75, 3.05) is 25.5 Å². The Bertz CT molecular complexity index is 462. The molecule has 1 aromatic rings. The molecule has 104 valence electrons. The van der Waals surface area contributed by atoms with Gasteiger partial charge in [-0.3, -0.25) is 0 Å². The summed E-state index contributed by atoms with van der Waals surface area (Å²) in [7, 11) is 1.37. The first-order valence-corrected chi connectivity index (χ1v) is 5.74. The molecule has 0 bridgehead atoms. The summed E-state index contributed by atoms with van der Waals surface area (Å²) in [6, 6.07) is 3.94. The highest BCUT2D eigenvalue weighted by molar-refractivity contribution is 5.94. The number of aromatic carboxylic acids is 1. The SMILES string of the molecule is COc1cc(NC(=O)NCCCN)ccc1C(=O)O. The van der Waals surface area contributed by atoms with Crippen LogP contribution in [0.15, 0.2) is 18.2 Å². The molecular weight excluding hydrogens is 250 g/mol. The van der Waals surface area contributed by atoms with E-state index in [-0.39, 0.29) is 17.3 Å². The highest BCUT2D eigenvalue weighted by Crippen LogP contribution is 2.23. The molecule has 0 saturated carbocycles. The van der Waals surface area contributed by atoms with Crippen LogP contribution in [0.25, 0.3) is 0 Å². The number of carboxylic acid groups (broad SMARTS) is 1. The zero-order valence-corrected chi connectivity index (χ0v) is 10.6. The lowest BCUT2D eigenvalue weighted by Gasteiger charge is -2.10. The van der Waals surface area contributed by atoms with Crippen LogP contribution in [0.5, 0.6) is 5.75 Å².